The summed E-state index contributed by atoms with van der Waals surface area (Å²) in [4.78, 5) is 4.28. The average molecular weight is 407 g/mol. The van der Waals surface area contributed by atoms with Gasteiger partial charge in [-0.1, -0.05) is 15.9 Å². The van der Waals surface area contributed by atoms with E-state index in [1.165, 1.54) is 3.57 Å². The molecule has 1 aromatic carbocycles. The molecular weight excluding hydrogens is 395 g/mol. The van der Waals surface area contributed by atoms with Gasteiger partial charge in [0.2, 0.25) is 5.89 Å². The van der Waals surface area contributed by atoms with Crippen LogP contribution in [-0.2, 0) is 0 Å². The molecule has 1 unspecified atom stereocenters. The van der Waals surface area contributed by atoms with Crippen LogP contribution in [0.2, 0.25) is 0 Å². The summed E-state index contributed by atoms with van der Waals surface area (Å²) in [7, 11) is 1.88. The summed E-state index contributed by atoms with van der Waals surface area (Å²) < 4.78 is 7.93. The first kappa shape index (κ1) is 13.0. The third-order valence-corrected chi connectivity index (χ3v) is 3.88. The van der Waals surface area contributed by atoms with E-state index in [1.807, 2.05) is 26.1 Å². The van der Waals surface area contributed by atoms with E-state index in [1.54, 1.807) is 6.20 Å². The topological polar surface area (TPSA) is 38.1 Å². The second-order valence-electron chi connectivity index (χ2n) is 3.70. The lowest BCUT2D eigenvalue weighted by atomic mass is 10.2. The van der Waals surface area contributed by atoms with Crippen LogP contribution in [0.4, 0.5) is 0 Å². The molecule has 17 heavy (non-hydrogen) atoms. The van der Waals surface area contributed by atoms with Crippen molar-refractivity contribution in [2.75, 3.05) is 7.05 Å². The number of hydrogen-bond donors (Lipinski definition) is 1. The van der Waals surface area contributed by atoms with Crippen LogP contribution in [0, 0.1) is 3.57 Å². The maximum Gasteiger partial charge on any atom is 0.211 e. The van der Waals surface area contributed by atoms with Crippen molar-refractivity contribution >= 4 is 38.5 Å². The molecule has 0 radical (unpaired) electrons. The van der Waals surface area contributed by atoms with Crippen LogP contribution >= 0.6 is 38.5 Å². The highest BCUT2D eigenvalue weighted by Gasteiger charge is 2.13. The smallest absolute Gasteiger partial charge is 0.211 e. The molecule has 0 aliphatic carbocycles. The number of halogens is 2. The quantitative estimate of drug-likeness (QED) is 0.783. The van der Waals surface area contributed by atoms with Crippen LogP contribution < -0.4 is 5.32 Å². The van der Waals surface area contributed by atoms with Gasteiger partial charge in [0.05, 0.1) is 12.2 Å². The van der Waals surface area contributed by atoms with E-state index >= 15 is 0 Å². The summed E-state index contributed by atoms with van der Waals surface area (Å²) in [5, 5.41) is 3.10. The highest BCUT2D eigenvalue weighted by Crippen LogP contribution is 2.31. The van der Waals surface area contributed by atoms with Gasteiger partial charge in [0.15, 0.2) is 5.76 Å². The fourth-order valence-corrected chi connectivity index (χ4v) is 2.36. The first-order valence-electron chi connectivity index (χ1n) is 5.20. The van der Waals surface area contributed by atoms with Crippen LogP contribution in [0.3, 0.4) is 0 Å². The van der Waals surface area contributed by atoms with Crippen LogP contribution in [0.25, 0.3) is 11.3 Å². The minimum atomic E-state index is 0.116. The van der Waals surface area contributed by atoms with Gasteiger partial charge in [-0.3, -0.25) is 0 Å². The molecule has 0 bridgehead atoms. The standard InChI is InChI=1S/C12H12BrIN2O/c1-7(15-2)12-16-6-11(17-12)9-5-8(14)3-4-10(9)13/h3-7,15H,1-2H3. The van der Waals surface area contributed by atoms with E-state index in [4.69, 9.17) is 4.42 Å². The van der Waals surface area contributed by atoms with Crippen LogP contribution in [0.5, 0.6) is 0 Å². The molecule has 0 saturated carbocycles. The minimum Gasteiger partial charge on any atom is -0.439 e. The van der Waals surface area contributed by atoms with Gasteiger partial charge in [-0.05, 0) is 54.8 Å². The number of rotatable bonds is 3. The second-order valence-corrected chi connectivity index (χ2v) is 5.80. The maximum absolute atomic E-state index is 5.75. The first-order chi connectivity index (χ1) is 8.11. The van der Waals surface area contributed by atoms with Gasteiger partial charge in [0.25, 0.3) is 0 Å². The minimum absolute atomic E-state index is 0.116. The molecule has 2 aromatic rings. The summed E-state index contributed by atoms with van der Waals surface area (Å²) >= 11 is 5.80. The van der Waals surface area contributed by atoms with Gasteiger partial charge in [-0.25, -0.2) is 4.98 Å². The average Bonchev–Trinajstić information content (AvgIpc) is 2.80. The Kier molecular flexibility index (Phi) is 4.22. The van der Waals surface area contributed by atoms with E-state index in [0.29, 0.717) is 5.89 Å². The molecule has 0 spiro atoms. The molecule has 90 valence electrons. The fraction of sp³-hybridized carbons (Fsp3) is 0.250. The largest absolute Gasteiger partial charge is 0.439 e. The molecule has 0 fully saturated rings. The lowest BCUT2D eigenvalue weighted by Crippen LogP contribution is -2.12. The fourth-order valence-electron chi connectivity index (χ4n) is 1.42. The Morgan fingerprint density at radius 2 is 2.24 bits per heavy atom. The number of nitrogens with zero attached hydrogens (tertiary/aromatic N) is 1. The monoisotopic (exact) mass is 406 g/mol. The van der Waals surface area contributed by atoms with Crippen molar-refractivity contribution in [1.29, 1.82) is 0 Å². The van der Waals surface area contributed by atoms with Gasteiger partial charge >= 0.3 is 0 Å². The highest BCUT2D eigenvalue weighted by atomic mass is 127. The second kappa shape index (κ2) is 5.49. The lowest BCUT2D eigenvalue weighted by Gasteiger charge is -2.04. The first-order valence-corrected chi connectivity index (χ1v) is 7.07. The zero-order valence-corrected chi connectivity index (χ0v) is 13.2. The van der Waals surface area contributed by atoms with Gasteiger partial charge in [0.1, 0.15) is 0 Å². The predicted octanol–water partition coefficient (Wildman–Crippen LogP) is 3.99. The van der Waals surface area contributed by atoms with E-state index in [2.05, 4.69) is 54.9 Å². The molecular formula is C12H12BrIN2O. The van der Waals surface area contributed by atoms with Crippen molar-refractivity contribution in [3.8, 4) is 11.3 Å². The zero-order valence-electron chi connectivity index (χ0n) is 9.50. The molecule has 1 aromatic heterocycles. The molecule has 2 rings (SSSR count). The zero-order chi connectivity index (χ0) is 12.4. The normalized spacial score (nSPS) is 12.7. The summed E-state index contributed by atoms with van der Waals surface area (Å²) in [6.45, 7) is 2.01. The van der Waals surface area contributed by atoms with Gasteiger partial charge in [-0.15, -0.1) is 0 Å². The van der Waals surface area contributed by atoms with Crippen molar-refractivity contribution < 1.29 is 4.42 Å². The summed E-state index contributed by atoms with van der Waals surface area (Å²) in [6.07, 6.45) is 1.76. The highest BCUT2D eigenvalue weighted by molar-refractivity contribution is 14.1. The summed E-state index contributed by atoms with van der Waals surface area (Å²) in [5.41, 5.74) is 1.03. The van der Waals surface area contributed by atoms with Crippen LogP contribution in [0.1, 0.15) is 18.9 Å². The van der Waals surface area contributed by atoms with E-state index in [9.17, 15) is 0 Å². The molecule has 0 aliphatic rings. The Bertz CT molecular complexity index is 527. The third kappa shape index (κ3) is 2.89. The van der Waals surface area contributed by atoms with Crippen molar-refractivity contribution in [3.05, 3.63) is 38.3 Å². The van der Waals surface area contributed by atoms with E-state index in [0.717, 1.165) is 15.8 Å². The van der Waals surface area contributed by atoms with Crippen molar-refractivity contribution in [2.24, 2.45) is 0 Å². The van der Waals surface area contributed by atoms with Crippen LogP contribution in [-0.4, -0.2) is 12.0 Å². The van der Waals surface area contributed by atoms with Crippen molar-refractivity contribution in [1.82, 2.24) is 10.3 Å². The van der Waals surface area contributed by atoms with Gasteiger partial charge in [-0.2, -0.15) is 0 Å². The lowest BCUT2D eigenvalue weighted by molar-refractivity contribution is 0.441. The summed E-state index contributed by atoms with van der Waals surface area (Å²) in [6, 6.07) is 6.24. The number of aromatic nitrogens is 1. The number of oxazole rings is 1. The predicted molar refractivity (Wildman–Crippen MR) is 79.8 cm³/mol. The van der Waals surface area contributed by atoms with Gasteiger partial charge in [0, 0.05) is 13.6 Å². The Balaban J connectivity index is 2.40. The van der Waals surface area contributed by atoms with E-state index < -0.39 is 0 Å². The molecule has 0 amide bonds. The Hall–Kier alpha value is -0.400. The molecule has 3 nitrogen and oxygen atoms in total. The maximum atomic E-state index is 5.75. The molecule has 5 heteroatoms. The van der Waals surface area contributed by atoms with E-state index in [-0.39, 0.29) is 6.04 Å². The van der Waals surface area contributed by atoms with Crippen LogP contribution in [0.15, 0.2) is 33.3 Å². The Morgan fingerprint density at radius 3 is 2.94 bits per heavy atom. The number of nitrogens with one attached hydrogen (secondary N) is 1. The SMILES string of the molecule is CNC(C)c1ncc(-c2cc(I)ccc2Br)o1. The number of hydrogen-bond acceptors (Lipinski definition) is 3. The Morgan fingerprint density at radius 1 is 1.47 bits per heavy atom. The molecule has 0 saturated heterocycles. The third-order valence-electron chi connectivity index (χ3n) is 2.52. The van der Waals surface area contributed by atoms with Gasteiger partial charge < -0.3 is 9.73 Å². The number of benzene rings is 1. The molecule has 0 aliphatic heterocycles. The molecule has 1 atom stereocenters. The molecule has 1 N–H and O–H groups in total. The summed E-state index contributed by atoms with van der Waals surface area (Å²) in [5.74, 6) is 1.49. The molecule has 1 heterocycles. The van der Waals surface area contributed by atoms with Crippen molar-refractivity contribution in [2.45, 2.75) is 13.0 Å². The van der Waals surface area contributed by atoms with Crippen molar-refractivity contribution in [3.63, 3.8) is 0 Å². The Labute approximate surface area is 122 Å².